The summed E-state index contributed by atoms with van der Waals surface area (Å²) in [6.07, 6.45) is 0.964. The summed E-state index contributed by atoms with van der Waals surface area (Å²) in [5.74, 6) is -2.83. The molecule has 116 valence electrons. The molecule has 1 aliphatic rings. The van der Waals surface area contributed by atoms with Crippen molar-refractivity contribution in [3.8, 4) is 11.5 Å². The van der Waals surface area contributed by atoms with Crippen molar-refractivity contribution in [3.05, 3.63) is 42.3 Å². The summed E-state index contributed by atoms with van der Waals surface area (Å²) >= 11 is 0. The van der Waals surface area contributed by atoms with E-state index in [1.165, 1.54) is 6.26 Å². The first-order valence-electron chi connectivity index (χ1n) is 6.92. The van der Waals surface area contributed by atoms with Crippen LogP contribution in [0.1, 0.15) is 12.1 Å². The van der Waals surface area contributed by atoms with Crippen LogP contribution in [0.4, 0.5) is 8.78 Å². The predicted octanol–water partition coefficient (Wildman–Crippen LogP) is 1.95. The van der Waals surface area contributed by atoms with E-state index in [1.807, 2.05) is 30.3 Å². The SMILES string of the molecule is O=C(NCc1coc(-c2ccccc2)n1)C1CC(F)(F)CN1. The Hall–Kier alpha value is -2.28. The van der Waals surface area contributed by atoms with Crippen molar-refractivity contribution in [2.24, 2.45) is 0 Å². The summed E-state index contributed by atoms with van der Waals surface area (Å²) in [5.41, 5.74) is 1.37. The summed E-state index contributed by atoms with van der Waals surface area (Å²) in [7, 11) is 0. The zero-order valence-electron chi connectivity index (χ0n) is 11.7. The Bertz CT molecular complexity index is 658. The number of rotatable bonds is 4. The van der Waals surface area contributed by atoms with Gasteiger partial charge in [0.1, 0.15) is 6.26 Å². The molecule has 1 atom stereocenters. The van der Waals surface area contributed by atoms with Crippen molar-refractivity contribution in [1.29, 1.82) is 0 Å². The number of nitrogens with zero attached hydrogens (tertiary/aromatic N) is 1. The molecule has 7 heteroatoms. The van der Waals surface area contributed by atoms with Crippen LogP contribution in [0.5, 0.6) is 0 Å². The van der Waals surface area contributed by atoms with Crippen LogP contribution < -0.4 is 10.6 Å². The van der Waals surface area contributed by atoms with Gasteiger partial charge in [-0.15, -0.1) is 0 Å². The first-order valence-corrected chi connectivity index (χ1v) is 6.92. The summed E-state index contributed by atoms with van der Waals surface area (Å²) < 4.78 is 31.4. The van der Waals surface area contributed by atoms with Gasteiger partial charge in [-0.2, -0.15) is 0 Å². The zero-order chi connectivity index (χ0) is 15.6. The molecule has 22 heavy (non-hydrogen) atoms. The van der Waals surface area contributed by atoms with Gasteiger partial charge in [0.2, 0.25) is 11.8 Å². The minimum Gasteiger partial charge on any atom is -0.444 e. The van der Waals surface area contributed by atoms with Gasteiger partial charge in [-0.05, 0) is 12.1 Å². The van der Waals surface area contributed by atoms with Crippen molar-refractivity contribution in [3.63, 3.8) is 0 Å². The molecule has 2 aromatic rings. The van der Waals surface area contributed by atoms with Crippen LogP contribution in [-0.4, -0.2) is 29.4 Å². The lowest BCUT2D eigenvalue weighted by Gasteiger charge is -2.09. The maximum Gasteiger partial charge on any atom is 0.262 e. The van der Waals surface area contributed by atoms with E-state index < -0.39 is 30.8 Å². The van der Waals surface area contributed by atoms with E-state index in [9.17, 15) is 13.6 Å². The summed E-state index contributed by atoms with van der Waals surface area (Å²) in [5, 5.41) is 5.09. The molecule has 1 aromatic heterocycles. The molecule has 1 aromatic carbocycles. The topological polar surface area (TPSA) is 67.2 Å². The molecule has 3 rings (SSSR count). The molecule has 1 unspecified atom stereocenters. The fourth-order valence-corrected chi connectivity index (χ4v) is 2.30. The molecule has 1 amide bonds. The normalized spacial score (nSPS) is 20.0. The molecule has 0 aliphatic carbocycles. The molecule has 5 nitrogen and oxygen atoms in total. The van der Waals surface area contributed by atoms with Gasteiger partial charge in [0, 0.05) is 12.0 Å². The second-order valence-corrected chi connectivity index (χ2v) is 5.22. The highest BCUT2D eigenvalue weighted by atomic mass is 19.3. The molecule has 2 N–H and O–H groups in total. The number of hydrogen-bond donors (Lipinski definition) is 2. The van der Waals surface area contributed by atoms with Gasteiger partial charge in [0.15, 0.2) is 0 Å². The Morgan fingerprint density at radius 3 is 2.86 bits per heavy atom. The Morgan fingerprint density at radius 1 is 1.41 bits per heavy atom. The lowest BCUT2D eigenvalue weighted by Crippen LogP contribution is -2.40. The molecule has 0 saturated carbocycles. The molecular formula is C15H15F2N3O2. The first-order chi connectivity index (χ1) is 10.5. The van der Waals surface area contributed by atoms with Crippen LogP contribution in [0.25, 0.3) is 11.5 Å². The highest BCUT2D eigenvalue weighted by Crippen LogP contribution is 2.25. The molecule has 0 spiro atoms. The van der Waals surface area contributed by atoms with Crippen molar-refractivity contribution in [1.82, 2.24) is 15.6 Å². The van der Waals surface area contributed by atoms with Crippen molar-refractivity contribution in [2.75, 3.05) is 6.54 Å². The summed E-state index contributed by atoms with van der Waals surface area (Å²) in [4.78, 5) is 16.1. The summed E-state index contributed by atoms with van der Waals surface area (Å²) in [6.45, 7) is -0.327. The van der Waals surface area contributed by atoms with Crippen LogP contribution in [0.3, 0.4) is 0 Å². The number of carbonyl (C=O) groups is 1. The van der Waals surface area contributed by atoms with Crippen LogP contribution >= 0.6 is 0 Å². The number of oxazole rings is 1. The second kappa shape index (κ2) is 5.84. The lowest BCUT2D eigenvalue weighted by molar-refractivity contribution is -0.123. The molecule has 0 bridgehead atoms. The van der Waals surface area contributed by atoms with Gasteiger partial charge in [0.05, 0.1) is 24.8 Å². The minimum atomic E-state index is -2.82. The van der Waals surface area contributed by atoms with E-state index in [2.05, 4.69) is 15.6 Å². The fraction of sp³-hybridized carbons (Fsp3) is 0.333. The van der Waals surface area contributed by atoms with Crippen LogP contribution in [0.2, 0.25) is 0 Å². The second-order valence-electron chi connectivity index (χ2n) is 5.22. The standard InChI is InChI=1S/C15H15F2N3O2/c16-15(17)6-12(19-9-15)13(21)18-7-11-8-22-14(20-11)10-4-2-1-3-5-10/h1-5,8,12,19H,6-7,9H2,(H,18,21). The van der Waals surface area contributed by atoms with Crippen LogP contribution in [-0.2, 0) is 11.3 Å². The number of benzene rings is 1. The quantitative estimate of drug-likeness (QED) is 0.906. The average molecular weight is 307 g/mol. The maximum atomic E-state index is 13.0. The van der Waals surface area contributed by atoms with E-state index in [0.717, 1.165) is 5.56 Å². The molecule has 1 aliphatic heterocycles. The number of amides is 1. The third-order valence-electron chi connectivity index (χ3n) is 3.44. The van der Waals surface area contributed by atoms with Gasteiger partial charge >= 0.3 is 0 Å². The van der Waals surface area contributed by atoms with E-state index in [1.54, 1.807) is 0 Å². The Morgan fingerprint density at radius 2 is 2.18 bits per heavy atom. The van der Waals surface area contributed by atoms with Crippen molar-refractivity contribution >= 4 is 5.91 Å². The molecule has 2 heterocycles. The minimum absolute atomic E-state index is 0.138. The van der Waals surface area contributed by atoms with E-state index in [0.29, 0.717) is 11.6 Å². The van der Waals surface area contributed by atoms with E-state index in [-0.39, 0.29) is 6.54 Å². The number of aromatic nitrogens is 1. The van der Waals surface area contributed by atoms with Crippen LogP contribution in [0, 0.1) is 0 Å². The number of halogens is 2. The lowest BCUT2D eigenvalue weighted by atomic mass is 10.2. The third-order valence-corrected chi connectivity index (χ3v) is 3.44. The highest BCUT2D eigenvalue weighted by molar-refractivity contribution is 5.82. The first kappa shape index (κ1) is 14.6. The Balaban J connectivity index is 1.56. The number of hydrogen-bond acceptors (Lipinski definition) is 4. The van der Waals surface area contributed by atoms with Crippen molar-refractivity contribution < 1.29 is 18.0 Å². The van der Waals surface area contributed by atoms with Crippen LogP contribution in [0.15, 0.2) is 41.0 Å². The Kier molecular flexibility index (Phi) is 3.89. The molecular weight excluding hydrogens is 292 g/mol. The smallest absolute Gasteiger partial charge is 0.262 e. The Labute approximate surface area is 125 Å². The van der Waals surface area contributed by atoms with Gasteiger partial charge in [0.25, 0.3) is 5.92 Å². The maximum absolute atomic E-state index is 13.0. The van der Waals surface area contributed by atoms with Gasteiger partial charge in [-0.3, -0.25) is 10.1 Å². The number of nitrogens with one attached hydrogen (secondary N) is 2. The monoisotopic (exact) mass is 307 g/mol. The largest absolute Gasteiger partial charge is 0.444 e. The third kappa shape index (κ3) is 3.30. The van der Waals surface area contributed by atoms with E-state index in [4.69, 9.17) is 4.42 Å². The zero-order valence-corrected chi connectivity index (χ0v) is 11.7. The number of alkyl halides is 2. The molecule has 0 radical (unpaired) electrons. The van der Waals surface area contributed by atoms with Gasteiger partial charge < -0.3 is 9.73 Å². The van der Waals surface area contributed by atoms with Crippen molar-refractivity contribution in [2.45, 2.75) is 24.9 Å². The van der Waals surface area contributed by atoms with Gasteiger partial charge in [-0.25, -0.2) is 13.8 Å². The summed E-state index contributed by atoms with van der Waals surface area (Å²) in [6, 6.07) is 8.48. The molecule has 1 saturated heterocycles. The number of carbonyl (C=O) groups excluding carboxylic acids is 1. The average Bonchev–Trinajstić information content (AvgIpc) is 3.12. The predicted molar refractivity (Wildman–Crippen MR) is 75.1 cm³/mol. The molecule has 1 fully saturated rings. The highest BCUT2D eigenvalue weighted by Gasteiger charge is 2.42. The van der Waals surface area contributed by atoms with E-state index >= 15 is 0 Å². The van der Waals surface area contributed by atoms with Gasteiger partial charge in [-0.1, -0.05) is 18.2 Å². The fourth-order valence-electron chi connectivity index (χ4n) is 2.30.